The van der Waals surface area contributed by atoms with Gasteiger partial charge in [-0.15, -0.1) is 0 Å². The van der Waals surface area contributed by atoms with E-state index in [2.05, 4.69) is 6.92 Å². The van der Waals surface area contributed by atoms with Gasteiger partial charge in [0.05, 0.1) is 5.75 Å². The zero-order valence-corrected chi connectivity index (χ0v) is 17.8. The first kappa shape index (κ1) is 25.9. The Hall–Kier alpha value is -1.11. The van der Waals surface area contributed by atoms with Crippen LogP contribution in [-0.4, -0.2) is 31.2 Å². The average Bonchev–Trinajstić information content (AvgIpc) is 2.58. The Balaban J connectivity index is 3.46. The molecule has 0 bridgehead atoms. The third-order valence-electron chi connectivity index (χ3n) is 4.58. The van der Waals surface area contributed by atoms with Crippen LogP contribution in [0.5, 0.6) is 0 Å². The van der Waals surface area contributed by atoms with Crippen LogP contribution in [0.1, 0.15) is 110 Å². The fourth-order valence-corrected chi connectivity index (χ4v) is 4.07. The van der Waals surface area contributed by atoms with Gasteiger partial charge in [-0.2, -0.15) is 0 Å². The van der Waals surface area contributed by atoms with E-state index in [0.29, 0.717) is 6.42 Å². The third-order valence-corrected chi connectivity index (χ3v) is 5.95. The van der Waals surface area contributed by atoms with Crippen LogP contribution in [0.3, 0.4) is 0 Å². The van der Waals surface area contributed by atoms with Crippen LogP contribution in [0, 0.1) is 0 Å². The topological polar surface area (TPSA) is 101 Å². The van der Waals surface area contributed by atoms with Crippen molar-refractivity contribution in [2.45, 2.75) is 110 Å². The van der Waals surface area contributed by atoms with Crippen molar-refractivity contribution >= 4 is 21.9 Å². The van der Waals surface area contributed by atoms with Crippen LogP contribution >= 0.6 is 0 Å². The Morgan fingerprint density at radius 1 is 0.704 bits per heavy atom. The molecule has 2 N–H and O–H groups in total. The monoisotopic (exact) mass is 405 g/mol. The summed E-state index contributed by atoms with van der Waals surface area (Å²) in [5, 5.41) is 8.50. The molecule has 0 aliphatic heterocycles. The van der Waals surface area contributed by atoms with Crippen LogP contribution < -0.4 is 4.72 Å². The van der Waals surface area contributed by atoms with Gasteiger partial charge < -0.3 is 5.11 Å². The zero-order chi connectivity index (χ0) is 20.4. The maximum Gasteiger partial charge on any atom is 0.303 e. The lowest BCUT2D eigenvalue weighted by Crippen LogP contribution is -2.32. The molecule has 0 heterocycles. The molecule has 0 unspecified atom stereocenters. The van der Waals surface area contributed by atoms with Crippen LogP contribution in [0.15, 0.2) is 0 Å². The number of carboxylic acids is 1. The van der Waals surface area contributed by atoms with Crippen molar-refractivity contribution in [1.29, 1.82) is 0 Å². The molecule has 0 aromatic rings. The summed E-state index contributed by atoms with van der Waals surface area (Å²) in [6.07, 6.45) is 15.8. The van der Waals surface area contributed by atoms with E-state index in [-0.39, 0.29) is 25.0 Å². The minimum absolute atomic E-state index is 0.0106. The molecule has 0 aliphatic rings. The lowest BCUT2D eigenvalue weighted by molar-refractivity contribution is -0.137. The van der Waals surface area contributed by atoms with Gasteiger partial charge in [-0.25, -0.2) is 8.42 Å². The third kappa shape index (κ3) is 19.5. The molecule has 7 heteroatoms. The van der Waals surface area contributed by atoms with Crippen molar-refractivity contribution in [2.24, 2.45) is 0 Å². The lowest BCUT2D eigenvalue weighted by atomic mass is 10.0. The molecule has 0 saturated carbocycles. The van der Waals surface area contributed by atoms with Crippen molar-refractivity contribution in [2.75, 3.05) is 5.75 Å². The second kappa shape index (κ2) is 17.0. The summed E-state index contributed by atoms with van der Waals surface area (Å²) in [5.74, 6) is -1.86. The van der Waals surface area contributed by atoms with E-state index >= 15 is 0 Å². The highest BCUT2D eigenvalue weighted by Gasteiger charge is 2.14. The number of amides is 1. The van der Waals surface area contributed by atoms with E-state index in [4.69, 9.17) is 5.11 Å². The number of nitrogens with one attached hydrogen (secondary N) is 1. The summed E-state index contributed by atoms with van der Waals surface area (Å²) in [6.45, 7) is 2.24. The van der Waals surface area contributed by atoms with E-state index in [1.165, 1.54) is 64.2 Å². The Morgan fingerprint density at radius 3 is 1.59 bits per heavy atom. The molecule has 0 rings (SSSR count). The molecule has 0 spiro atoms. The molecule has 0 atom stereocenters. The molecule has 0 aromatic heterocycles. The first-order chi connectivity index (χ1) is 12.9. The van der Waals surface area contributed by atoms with Crippen LogP contribution in [0.25, 0.3) is 0 Å². The molecule has 0 fully saturated rings. The maximum absolute atomic E-state index is 11.7. The highest BCUT2D eigenvalue weighted by Crippen LogP contribution is 2.13. The summed E-state index contributed by atoms with van der Waals surface area (Å²) < 4.78 is 25.3. The van der Waals surface area contributed by atoms with Gasteiger partial charge in [0.15, 0.2) is 0 Å². The molecule has 1 amide bonds. The predicted octanol–water partition coefficient (Wildman–Crippen LogP) is 4.78. The van der Waals surface area contributed by atoms with Crippen molar-refractivity contribution in [3.05, 3.63) is 0 Å². The number of hydrogen-bond acceptors (Lipinski definition) is 4. The van der Waals surface area contributed by atoms with Gasteiger partial charge in [0, 0.05) is 12.8 Å². The number of carboxylic acid groups (broad SMARTS) is 1. The summed E-state index contributed by atoms with van der Waals surface area (Å²) in [7, 11) is -3.71. The fourth-order valence-electron chi connectivity index (χ4n) is 2.99. The number of rotatable bonds is 19. The largest absolute Gasteiger partial charge is 0.481 e. The smallest absolute Gasteiger partial charge is 0.303 e. The number of unbranched alkanes of at least 4 members (excludes halogenated alkanes) is 12. The normalized spacial score (nSPS) is 11.4. The predicted molar refractivity (Wildman–Crippen MR) is 109 cm³/mol. The zero-order valence-electron chi connectivity index (χ0n) is 17.0. The molecule has 0 saturated heterocycles. The van der Waals surface area contributed by atoms with E-state index in [9.17, 15) is 18.0 Å². The van der Waals surface area contributed by atoms with Gasteiger partial charge in [-0.3, -0.25) is 14.3 Å². The molecule has 0 radical (unpaired) electrons. The van der Waals surface area contributed by atoms with Crippen LogP contribution in [-0.2, 0) is 19.6 Å². The Bertz CT molecular complexity index is 491. The number of aliphatic carboxylic acids is 1. The van der Waals surface area contributed by atoms with E-state index in [1.807, 2.05) is 4.72 Å². The molecule has 0 aliphatic carbocycles. The Labute approximate surface area is 165 Å². The highest BCUT2D eigenvalue weighted by atomic mass is 32.2. The number of carbonyl (C=O) groups is 2. The molecule has 160 valence electrons. The second-order valence-electron chi connectivity index (χ2n) is 7.33. The Kier molecular flexibility index (Phi) is 16.3. The van der Waals surface area contributed by atoms with Crippen LogP contribution in [0.2, 0.25) is 0 Å². The van der Waals surface area contributed by atoms with E-state index in [0.717, 1.165) is 12.8 Å². The first-order valence-corrected chi connectivity index (χ1v) is 12.3. The van der Waals surface area contributed by atoms with Gasteiger partial charge in [-0.1, -0.05) is 84.0 Å². The lowest BCUT2D eigenvalue weighted by Gasteiger charge is -2.06. The SMILES string of the molecule is CCCCCCCCCCCCCCCC(=O)NS(=O)(=O)CCCC(=O)O. The van der Waals surface area contributed by atoms with Gasteiger partial charge in [0.1, 0.15) is 0 Å². The van der Waals surface area contributed by atoms with E-state index in [1.54, 1.807) is 0 Å². The quantitative estimate of drug-likeness (QED) is 0.301. The summed E-state index contributed by atoms with van der Waals surface area (Å²) in [6, 6.07) is 0. The molecule has 0 aromatic carbocycles. The molecule has 27 heavy (non-hydrogen) atoms. The first-order valence-electron chi connectivity index (χ1n) is 10.6. The standard InChI is InChI=1S/C20H39NO5S/c1-2-3-4-5-6-7-8-9-10-11-12-13-14-16-19(22)21-27(25,26)18-15-17-20(23)24/h2-18H2,1H3,(H,21,22)(H,23,24). The average molecular weight is 406 g/mol. The number of sulfonamides is 1. The minimum atomic E-state index is -3.71. The van der Waals surface area contributed by atoms with Crippen molar-refractivity contribution in [1.82, 2.24) is 4.72 Å². The molecular formula is C20H39NO5S. The van der Waals surface area contributed by atoms with Crippen molar-refractivity contribution < 1.29 is 23.1 Å². The Morgan fingerprint density at radius 2 is 1.15 bits per heavy atom. The molecular weight excluding hydrogens is 366 g/mol. The highest BCUT2D eigenvalue weighted by molar-refractivity contribution is 7.90. The van der Waals surface area contributed by atoms with Gasteiger partial charge in [0.2, 0.25) is 15.9 Å². The van der Waals surface area contributed by atoms with Crippen LogP contribution in [0.4, 0.5) is 0 Å². The summed E-state index contributed by atoms with van der Waals surface area (Å²) in [4.78, 5) is 22.0. The number of carbonyl (C=O) groups excluding carboxylic acids is 1. The number of hydrogen-bond donors (Lipinski definition) is 2. The van der Waals surface area contributed by atoms with Crippen molar-refractivity contribution in [3.63, 3.8) is 0 Å². The maximum atomic E-state index is 11.7. The summed E-state index contributed by atoms with van der Waals surface area (Å²) >= 11 is 0. The van der Waals surface area contributed by atoms with Crippen molar-refractivity contribution in [3.8, 4) is 0 Å². The van der Waals surface area contributed by atoms with Gasteiger partial charge in [0.25, 0.3) is 0 Å². The second-order valence-corrected chi connectivity index (χ2v) is 9.18. The minimum Gasteiger partial charge on any atom is -0.481 e. The fraction of sp³-hybridized carbons (Fsp3) is 0.900. The van der Waals surface area contributed by atoms with Gasteiger partial charge in [-0.05, 0) is 12.8 Å². The van der Waals surface area contributed by atoms with Gasteiger partial charge >= 0.3 is 5.97 Å². The molecule has 6 nitrogen and oxygen atoms in total. The van der Waals surface area contributed by atoms with E-state index < -0.39 is 21.9 Å². The summed E-state index contributed by atoms with van der Waals surface area (Å²) in [5.41, 5.74) is 0.